The SMILES string of the molecule is CCCCN1C(=O)C(CC(C)C)NC(=O)C12CCN(Cc1ccc(CN3CCC(O)CC3)cc1)CC2. The summed E-state index contributed by atoms with van der Waals surface area (Å²) < 4.78 is 0. The molecule has 0 saturated carbocycles. The van der Waals surface area contributed by atoms with Crippen LogP contribution in [0.3, 0.4) is 0 Å². The van der Waals surface area contributed by atoms with Crippen LogP contribution >= 0.6 is 0 Å². The molecule has 2 N–H and O–H groups in total. The Labute approximate surface area is 217 Å². The summed E-state index contributed by atoms with van der Waals surface area (Å²) in [4.78, 5) is 33.6. The van der Waals surface area contributed by atoms with Gasteiger partial charge in [0.05, 0.1) is 6.10 Å². The molecule has 7 heteroatoms. The van der Waals surface area contributed by atoms with Crippen LogP contribution in [0.5, 0.6) is 0 Å². The Hall–Kier alpha value is -1.96. The lowest BCUT2D eigenvalue weighted by atomic mass is 9.80. The molecular weight excluding hydrogens is 452 g/mol. The monoisotopic (exact) mass is 498 g/mol. The Bertz CT molecular complexity index is 871. The number of carbonyl (C=O) groups excluding carboxylic acids is 2. The molecule has 1 aromatic rings. The fourth-order valence-corrected chi connectivity index (χ4v) is 6.07. The van der Waals surface area contributed by atoms with Gasteiger partial charge < -0.3 is 15.3 Å². The van der Waals surface area contributed by atoms with Crippen molar-refractivity contribution in [2.45, 2.75) is 96.5 Å². The molecule has 2 amide bonds. The number of piperazine rings is 1. The summed E-state index contributed by atoms with van der Waals surface area (Å²) in [7, 11) is 0. The van der Waals surface area contributed by atoms with Gasteiger partial charge in [-0.1, -0.05) is 51.5 Å². The minimum absolute atomic E-state index is 0.0538. The number of unbranched alkanes of at least 4 members (excludes halogenated alkanes) is 1. The first-order valence-electron chi connectivity index (χ1n) is 14.1. The zero-order valence-electron chi connectivity index (χ0n) is 22.5. The van der Waals surface area contributed by atoms with Crippen LogP contribution in [0.2, 0.25) is 0 Å². The molecule has 7 nitrogen and oxygen atoms in total. The molecular formula is C29H46N4O3. The molecule has 0 bridgehead atoms. The number of benzene rings is 1. The highest BCUT2D eigenvalue weighted by molar-refractivity contribution is 6.00. The quantitative estimate of drug-likeness (QED) is 0.547. The molecule has 4 rings (SSSR count). The van der Waals surface area contributed by atoms with Gasteiger partial charge in [-0.05, 0) is 55.6 Å². The predicted octanol–water partition coefficient (Wildman–Crippen LogP) is 3.15. The van der Waals surface area contributed by atoms with Crippen LogP contribution < -0.4 is 5.32 Å². The lowest BCUT2D eigenvalue weighted by molar-refractivity contribution is -0.161. The molecule has 0 radical (unpaired) electrons. The van der Waals surface area contributed by atoms with Crippen molar-refractivity contribution in [1.82, 2.24) is 20.0 Å². The van der Waals surface area contributed by atoms with Crippen molar-refractivity contribution in [2.75, 3.05) is 32.7 Å². The number of amides is 2. The summed E-state index contributed by atoms with van der Waals surface area (Å²) in [6.07, 6.45) is 5.64. The zero-order valence-corrected chi connectivity index (χ0v) is 22.5. The van der Waals surface area contributed by atoms with Crippen LogP contribution in [0.4, 0.5) is 0 Å². The van der Waals surface area contributed by atoms with E-state index in [-0.39, 0.29) is 24.0 Å². The molecule has 0 aromatic heterocycles. The molecule has 0 aliphatic carbocycles. The predicted molar refractivity (Wildman–Crippen MR) is 142 cm³/mol. The Morgan fingerprint density at radius 1 is 0.972 bits per heavy atom. The van der Waals surface area contributed by atoms with Gasteiger partial charge in [0, 0.05) is 45.8 Å². The first kappa shape index (κ1) is 27.1. The lowest BCUT2D eigenvalue weighted by Crippen LogP contribution is -2.73. The largest absolute Gasteiger partial charge is 0.393 e. The number of nitrogens with zero attached hydrogens (tertiary/aromatic N) is 3. The minimum Gasteiger partial charge on any atom is -0.393 e. The van der Waals surface area contributed by atoms with Gasteiger partial charge in [0.15, 0.2) is 0 Å². The van der Waals surface area contributed by atoms with Crippen molar-refractivity contribution < 1.29 is 14.7 Å². The number of likely N-dealkylation sites (tertiary alicyclic amines) is 2. The average molecular weight is 499 g/mol. The molecule has 1 aromatic carbocycles. The third-order valence-corrected chi connectivity index (χ3v) is 8.33. The molecule has 3 aliphatic heterocycles. The van der Waals surface area contributed by atoms with Crippen molar-refractivity contribution in [3.63, 3.8) is 0 Å². The maximum absolute atomic E-state index is 13.4. The smallest absolute Gasteiger partial charge is 0.246 e. The lowest BCUT2D eigenvalue weighted by Gasteiger charge is -2.52. The third kappa shape index (κ3) is 6.29. The van der Waals surface area contributed by atoms with E-state index in [9.17, 15) is 14.7 Å². The maximum atomic E-state index is 13.4. The van der Waals surface area contributed by atoms with Crippen molar-refractivity contribution in [3.8, 4) is 0 Å². The molecule has 1 unspecified atom stereocenters. The first-order valence-corrected chi connectivity index (χ1v) is 14.1. The number of hydrogen-bond donors (Lipinski definition) is 2. The maximum Gasteiger partial charge on any atom is 0.246 e. The van der Waals surface area contributed by atoms with Crippen LogP contribution in [0.25, 0.3) is 0 Å². The molecule has 3 heterocycles. The molecule has 1 atom stereocenters. The fraction of sp³-hybridized carbons (Fsp3) is 0.724. The molecule has 200 valence electrons. The van der Waals surface area contributed by atoms with E-state index in [2.05, 4.69) is 60.2 Å². The Morgan fingerprint density at radius 3 is 2.06 bits per heavy atom. The summed E-state index contributed by atoms with van der Waals surface area (Å²) in [5.41, 5.74) is 1.91. The first-order chi connectivity index (χ1) is 17.3. The number of rotatable bonds is 9. The number of aliphatic hydroxyl groups is 1. The Morgan fingerprint density at radius 2 is 1.53 bits per heavy atom. The van der Waals surface area contributed by atoms with E-state index < -0.39 is 5.54 Å². The third-order valence-electron chi connectivity index (χ3n) is 8.33. The summed E-state index contributed by atoms with van der Waals surface area (Å²) in [5.74, 6) is 0.532. The number of aliphatic hydroxyl groups excluding tert-OH is 1. The van der Waals surface area contributed by atoms with E-state index in [0.29, 0.717) is 31.7 Å². The molecule has 3 aliphatic rings. The molecule has 3 saturated heterocycles. The van der Waals surface area contributed by atoms with Gasteiger partial charge in [-0.2, -0.15) is 0 Å². The van der Waals surface area contributed by atoms with Crippen molar-refractivity contribution >= 4 is 11.8 Å². The minimum atomic E-state index is -0.692. The zero-order chi connectivity index (χ0) is 25.7. The Kier molecular flexibility index (Phi) is 9.07. The number of carbonyl (C=O) groups is 2. The highest BCUT2D eigenvalue weighted by atomic mass is 16.3. The fourth-order valence-electron chi connectivity index (χ4n) is 6.07. The van der Waals surface area contributed by atoms with Gasteiger partial charge in [0.2, 0.25) is 11.8 Å². The van der Waals surface area contributed by atoms with E-state index in [1.54, 1.807) is 0 Å². The van der Waals surface area contributed by atoms with Crippen molar-refractivity contribution in [2.24, 2.45) is 5.92 Å². The van der Waals surface area contributed by atoms with Gasteiger partial charge >= 0.3 is 0 Å². The van der Waals surface area contributed by atoms with Crippen LogP contribution in [0.1, 0.15) is 76.8 Å². The highest BCUT2D eigenvalue weighted by Gasteiger charge is 2.53. The molecule has 36 heavy (non-hydrogen) atoms. The van der Waals surface area contributed by atoms with Gasteiger partial charge in [0.1, 0.15) is 11.6 Å². The van der Waals surface area contributed by atoms with Crippen LogP contribution in [-0.2, 0) is 22.7 Å². The standard InChI is InChI=1S/C29H46N4O3/c1-4-5-14-33-27(35)26(19-22(2)3)30-28(36)29(33)12-17-32(18-13-29)21-24-8-6-23(7-9-24)20-31-15-10-25(34)11-16-31/h6-9,22,25-26,34H,4-5,10-21H2,1-3H3,(H,30,36). The van der Waals surface area contributed by atoms with Crippen LogP contribution in [-0.4, -0.2) is 82.0 Å². The average Bonchev–Trinajstić information content (AvgIpc) is 2.86. The summed E-state index contributed by atoms with van der Waals surface area (Å²) >= 11 is 0. The van der Waals surface area contributed by atoms with Crippen LogP contribution in [0, 0.1) is 5.92 Å². The number of piperidine rings is 2. The highest BCUT2D eigenvalue weighted by Crippen LogP contribution is 2.34. The van der Waals surface area contributed by atoms with Crippen molar-refractivity contribution in [3.05, 3.63) is 35.4 Å². The van der Waals surface area contributed by atoms with Gasteiger partial charge in [-0.3, -0.25) is 19.4 Å². The summed E-state index contributed by atoms with van der Waals surface area (Å²) in [5, 5.41) is 12.8. The van der Waals surface area contributed by atoms with Gasteiger partial charge in [-0.15, -0.1) is 0 Å². The molecule has 3 fully saturated rings. The van der Waals surface area contributed by atoms with Crippen molar-refractivity contribution in [1.29, 1.82) is 0 Å². The van der Waals surface area contributed by atoms with E-state index in [0.717, 1.165) is 65.0 Å². The molecule has 1 spiro atoms. The second kappa shape index (κ2) is 12.1. The van der Waals surface area contributed by atoms with E-state index in [1.165, 1.54) is 11.1 Å². The van der Waals surface area contributed by atoms with E-state index in [1.807, 2.05) is 4.90 Å². The number of hydrogen-bond acceptors (Lipinski definition) is 5. The van der Waals surface area contributed by atoms with Gasteiger partial charge in [-0.25, -0.2) is 0 Å². The second-order valence-corrected chi connectivity index (χ2v) is 11.6. The van der Waals surface area contributed by atoms with Gasteiger partial charge in [0.25, 0.3) is 0 Å². The topological polar surface area (TPSA) is 76.1 Å². The number of nitrogens with one attached hydrogen (secondary N) is 1. The van der Waals surface area contributed by atoms with E-state index >= 15 is 0 Å². The Balaban J connectivity index is 1.34. The summed E-state index contributed by atoms with van der Waals surface area (Å²) in [6, 6.07) is 8.51. The normalized spacial score (nSPS) is 24.0. The van der Waals surface area contributed by atoms with Crippen LogP contribution in [0.15, 0.2) is 24.3 Å². The second-order valence-electron chi connectivity index (χ2n) is 11.6. The summed E-state index contributed by atoms with van der Waals surface area (Å²) in [6.45, 7) is 12.4. The van der Waals surface area contributed by atoms with E-state index in [4.69, 9.17) is 0 Å².